The smallest absolute Gasteiger partial charge is 0.196 e. The van der Waals surface area contributed by atoms with Crippen LogP contribution in [0.5, 0.6) is 0 Å². The van der Waals surface area contributed by atoms with Crippen molar-refractivity contribution in [3.8, 4) is 0 Å². The number of ketones is 1. The molecule has 0 N–H and O–H groups in total. The van der Waals surface area contributed by atoms with Gasteiger partial charge in [0.2, 0.25) is 0 Å². The summed E-state index contributed by atoms with van der Waals surface area (Å²) in [7, 11) is 0. The molecule has 68 valence electrons. The van der Waals surface area contributed by atoms with Crippen LogP contribution in [0.3, 0.4) is 0 Å². The molecule has 0 amide bonds. The second-order valence-corrected chi connectivity index (χ2v) is 3.41. The molecule has 0 fully saturated rings. The zero-order valence-electron chi connectivity index (χ0n) is 7.32. The van der Waals surface area contributed by atoms with E-state index >= 15 is 0 Å². The van der Waals surface area contributed by atoms with Gasteiger partial charge in [0.05, 0.1) is 6.42 Å². The number of Topliss-reactive ketones (excluding diaryl/α,β-unsaturated/α-hetero) is 1. The summed E-state index contributed by atoms with van der Waals surface area (Å²) in [6.45, 7) is 0. The van der Waals surface area contributed by atoms with E-state index in [1.807, 2.05) is 6.07 Å². The molecule has 0 heterocycles. The summed E-state index contributed by atoms with van der Waals surface area (Å²) in [5.74, 6) is -0.111. The Kier molecular flexibility index (Phi) is 3.71. The van der Waals surface area contributed by atoms with Crippen molar-refractivity contribution in [3.63, 3.8) is 0 Å². The van der Waals surface area contributed by atoms with Gasteiger partial charge in [0, 0.05) is 5.56 Å². The Morgan fingerprint density at radius 3 is 2.38 bits per heavy atom. The summed E-state index contributed by atoms with van der Waals surface area (Å²) in [5.41, 5.74) is 0.602. The Labute approximate surface area is 81.3 Å². The predicted octanol–water partition coefficient (Wildman–Crippen LogP) is 2.15. The topological polar surface area (TPSA) is 34.1 Å². The molecule has 0 saturated carbocycles. The third-order valence-electron chi connectivity index (χ3n) is 1.63. The van der Waals surface area contributed by atoms with Gasteiger partial charge in [0.15, 0.2) is 10.9 Å². The predicted molar refractivity (Wildman–Crippen MR) is 53.9 cm³/mol. The number of rotatable bonds is 3. The van der Waals surface area contributed by atoms with Gasteiger partial charge in [-0.05, 0) is 6.26 Å². The Morgan fingerprint density at radius 2 is 1.85 bits per heavy atom. The first kappa shape index (κ1) is 9.99. The van der Waals surface area contributed by atoms with Crippen LogP contribution in [0.25, 0.3) is 0 Å². The highest BCUT2D eigenvalue weighted by Gasteiger charge is 2.09. The normalized spacial score (nSPS) is 9.62. The van der Waals surface area contributed by atoms with Gasteiger partial charge < -0.3 is 0 Å². The van der Waals surface area contributed by atoms with Crippen LogP contribution in [0.1, 0.15) is 16.8 Å². The van der Waals surface area contributed by atoms with Crippen LogP contribution < -0.4 is 0 Å². The highest BCUT2D eigenvalue weighted by molar-refractivity contribution is 8.13. The van der Waals surface area contributed by atoms with Crippen LogP contribution in [0.2, 0.25) is 0 Å². The van der Waals surface area contributed by atoms with Crippen molar-refractivity contribution in [2.45, 2.75) is 6.42 Å². The Hall–Kier alpha value is -1.09. The fourth-order valence-corrected chi connectivity index (χ4v) is 1.20. The molecule has 0 aromatic heterocycles. The highest BCUT2D eigenvalue weighted by Crippen LogP contribution is 2.07. The Bertz CT molecular complexity index is 306. The largest absolute Gasteiger partial charge is 0.294 e. The Balaban J connectivity index is 2.65. The van der Waals surface area contributed by atoms with Gasteiger partial charge in [0.1, 0.15) is 0 Å². The van der Waals surface area contributed by atoms with Gasteiger partial charge >= 0.3 is 0 Å². The molecule has 0 aliphatic carbocycles. The molecule has 0 unspecified atom stereocenters. The molecule has 1 rings (SSSR count). The van der Waals surface area contributed by atoms with Crippen molar-refractivity contribution < 1.29 is 9.59 Å². The number of carbonyl (C=O) groups is 2. The third kappa shape index (κ3) is 3.03. The summed E-state index contributed by atoms with van der Waals surface area (Å²) in [4.78, 5) is 22.3. The van der Waals surface area contributed by atoms with E-state index in [0.29, 0.717) is 5.56 Å². The Morgan fingerprint density at radius 1 is 1.23 bits per heavy atom. The highest BCUT2D eigenvalue weighted by atomic mass is 32.2. The lowest BCUT2D eigenvalue weighted by Crippen LogP contribution is -2.04. The fourth-order valence-electron chi connectivity index (χ4n) is 0.929. The van der Waals surface area contributed by atoms with E-state index in [0.717, 1.165) is 11.8 Å². The minimum atomic E-state index is -0.111. The molecule has 0 atom stereocenters. The maximum atomic E-state index is 11.4. The van der Waals surface area contributed by atoms with E-state index in [1.165, 1.54) is 0 Å². The van der Waals surface area contributed by atoms with Crippen molar-refractivity contribution in [3.05, 3.63) is 35.9 Å². The first-order valence-corrected chi connectivity index (χ1v) is 5.11. The van der Waals surface area contributed by atoms with Gasteiger partial charge in [-0.15, -0.1) is 0 Å². The van der Waals surface area contributed by atoms with Gasteiger partial charge in [-0.3, -0.25) is 9.59 Å². The van der Waals surface area contributed by atoms with Crippen LogP contribution in [-0.2, 0) is 4.79 Å². The zero-order chi connectivity index (χ0) is 9.68. The second kappa shape index (κ2) is 4.82. The molecule has 3 heteroatoms. The quantitative estimate of drug-likeness (QED) is 0.546. The third-order valence-corrected chi connectivity index (χ3v) is 2.23. The fraction of sp³-hybridized carbons (Fsp3) is 0.200. The standard InChI is InChI=1S/C10H10O2S/c1-13-10(12)7-9(11)8-5-3-2-4-6-8/h2-6H,7H2,1H3. The van der Waals surface area contributed by atoms with Crippen molar-refractivity contribution in [2.24, 2.45) is 0 Å². The monoisotopic (exact) mass is 194 g/mol. The lowest BCUT2D eigenvalue weighted by molar-refractivity contribution is -0.110. The van der Waals surface area contributed by atoms with Gasteiger partial charge in [-0.2, -0.15) is 0 Å². The van der Waals surface area contributed by atoms with Crippen molar-refractivity contribution >= 4 is 22.7 Å². The maximum absolute atomic E-state index is 11.4. The lowest BCUT2D eigenvalue weighted by Gasteiger charge is -1.97. The van der Waals surface area contributed by atoms with E-state index in [2.05, 4.69) is 0 Å². The summed E-state index contributed by atoms with van der Waals surface area (Å²) < 4.78 is 0. The van der Waals surface area contributed by atoms with E-state index in [1.54, 1.807) is 30.5 Å². The van der Waals surface area contributed by atoms with E-state index in [9.17, 15) is 9.59 Å². The first-order valence-electron chi connectivity index (χ1n) is 3.89. The SMILES string of the molecule is CSC(=O)CC(=O)c1ccccc1. The molecule has 1 aromatic carbocycles. The summed E-state index contributed by atoms with van der Waals surface area (Å²) >= 11 is 1.09. The van der Waals surface area contributed by atoms with Gasteiger partial charge in [-0.1, -0.05) is 42.1 Å². The average molecular weight is 194 g/mol. The number of hydrogen-bond acceptors (Lipinski definition) is 3. The second-order valence-electron chi connectivity index (χ2n) is 2.54. The number of hydrogen-bond donors (Lipinski definition) is 0. The molecule has 1 aromatic rings. The molecule has 0 bridgehead atoms. The summed E-state index contributed by atoms with van der Waals surface area (Å²) in [6, 6.07) is 8.85. The molecule has 0 aliphatic heterocycles. The summed E-state index contributed by atoms with van der Waals surface area (Å²) in [6.07, 6.45) is 1.67. The van der Waals surface area contributed by atoms with Crippen LogP contribution >= 0.6 is 11.8 Å². The molecule has 0 aliphatic rings. The van der Waals surface area contributed by atoms with Gasteiger partial charge in [0.25, 0.3) is 0 Å². The molecule has 13 heavy (non-hydrogen) atoms. The lowest BCUT2D eigenvalue weighted by atomic mass is 10.1. The van der Waals surface area contributed by atoms with E-state index in [-0.39, 0.29) is 17.3 Å². The van der Waals surface area contributed by atoms with Crippen LogP contribution in [0, 0.1) is 0 Å². The van der Waals surface area contributed by atoms with Crippen molar-refractivity contribution in [1.82, 2.24) is 0 Å². The maximum Gasteiger partial charge on any atom is 0.196 e. The van der Waals surface area contributed by atoms with Crippen LogP contribution in [0.15, 0.2) is 30.3 Å². The van der Waals surface area contributed by atoms with Crippen molar-refractivity contribution in [2.75, 3.05) is 6.26 Å². The average Bonchev–Trinajstić information content (AvgIpc) is 2.19. The molecular formula is C10H10O2S. The summed E-state index contributed by atoms with van der Waals surface area (Å²) in [5, 5.41) is -0.0890. The molecular weight excluding hydrogens is 184 g/mol. The zero-order valence-corrected chi connectivity index (χ0v) is 8.14. The van der Waals surface area contributed by atoms with E-state index in [4.69, 9.17) is 0 Å². The molecule has 0 radical (unpaired) electrons. The molecule has 0 spiro atoms. The van der Waals surface area contributed by atoms with Crippen LogP contribution in [-0.4, -0.2) is 17.2 Å². The minimum absolute atomic E-state index is 0.00875. The number of thioether (sulfide) groups is 1. The van der Waals surface area contributed by atoms with Crippen LogP contribution in [0.4, 0.5) is 0 Å². The molecule has 2 nitrogen and oxygen atoms in total. The molecule has 0 saturated heterocycles. The van der Waals surface area contributed by atoms with Crippen molar-refractivity contribution in [1.29, 1.82) is 0 Å². The number of carbonyl (C=O) groups excluding carboxylic acids is 2. The first-order chi connectivity index (χ1) is 6.24. The van der Waals surface area contributed by atoms with Gasteiger partial charge in [-0.25, -0.2) is 0 Å². The number of benzene rings is 1. The minimum Gasteiger partial charge on any atom is -0.294 e. The van der Waals surface area contributed by atoms with E-state index < -0.39 is 0 Å².